The van der Waals surface area contributed by atoms with Crippen molar-refractivity contribution < 1.29 is 15.0 Å². The highest BCUT2D eigenvalue weighted by Gasteiger charge is 2.12. The molecule has 0 saturated heterocycles. The maximum Gasteiger partial charge on any atom is 0.251 e. The van der Waals surface area contributed by atoms with Crippen molar-refractivity contribution in [3.63, 3.8) is 0 Å². The number of amides is 1. The molecule has 0 radical (unpaired) electrons. The zero-order chi connectivity index (χ0) is 14.8. The molecule has 1 aliphatic heterocycles. The summed E-state index contributed by atoms with van der Waals surface area (Å²) in [6.45, 7) is 0. The number of hydrogen-bond donors (Lipinski definition) is 5. The third kappa shape index (κ3) is 9.74. The smallest absolute Gasteiger partial charge is 0.251 e. The first-order chi connectivity index (χ1) is 8.82. The van der Waals surface area contributed by atoms with Gasteiger partial charge < -0.3 is 27.0 Å². The molecule has 2 rings (SSSR count). The summed E-state index contributed by atoms with van der Waals surface area (Å²) < 4.78 is 0. The van der Waals surface area contributed by atoms with E-state index in [4.69, 9.17) is 10.2 Å². The number of carbonyl (C=O) groups is 1. The summed E-state index contributed by atoms with van der Waals surface area (Å²) in [7, 11) is 0. The summed E-state index contributed by atoms with van der Waals surface area (Å²) in [5, 5.41) is 17.0. The van der Waals surface area contributed by atoms with Crippen LogP contribution in [0.25, 0.3) is 0 Å². The van der Waals surface area contributed by atoms with E-state index in [0.717, 1.165) is 12.1 Å². The van der Waals surface area contributed by atoms with Gasteiger partial charge in [-0.2, -0.15) is 0 Å². The van der Waals surface area contributed by atoms with Crippen molar-refractivity contribution in [1.82, 2.24) is 0 Å². The number of benzene rings is 1. The second kappa shape index (κ2) is 9.06. The first-order valence-electron chi connectivity index (χ1n) is 5.17. The van der Waals surface area contributed by atoms with Crippen LogP contribution in [0.2, 0.25) is 0 Å². The molecule has 1 heterocycles. The Bertz CT molecular complexity index is 446. The summed E-state index contributed by atoms with van der Waals surface area (Å²) in [5.41, 5.74) is 11.0. The van der Waals surface area contributed by atoms with E-state index in [1.165, 1.54) is 5.56 Å². The number of thiocarbonyl (C=S) groups is 2. The number of nitrogens with one attached hydrogen (secondary N) is 1. The van der Waals surface area contributed by atoms with Crippen molar-refractivity contribution in [3.05, 3.63) is 29.8 Å². The lowest BCUT2D eigenvalue weighted by Gasteiger charge is -2.15. The predicted molar refractivity (Wildman–Crippen MR) is 82.2 cm³/mol. The summed E-state index contributed by atoms with van der Waals surface area (Å²) in [6, 6.07) is 7.92. The highest BCUT2D eigenvalue weighted by Crippen LogP contribution is 2.20. The van der Waals surface area contributed by atoms with Gasteiger partial charge in [0.1, 0.15) is 0 Å². The van der Waals surface area contributed by atoms with Crippen LogP contribution < -0.4 is 16.8 Å². The van der Waals surface area contributed by atoms with Gasteiger partial charge in [0.15, 0.2) is 0 Å². The lowest BCUT2D eigenvalue weighted by atomic mass is 10.0. The monoisotopic (exact) mass is 301 g/mol. The van der Waals surface area contributed by atoms with Gasteiger partial charge in [-0.1, -0.05) is 18.2 Å². The molecule has 6 nitrogen and oxygen atoms in total. The van der Waals surface area contributed by atoms with E-state index >= 15 is 0 Å². The summed E-state index contributed by atoms with van der Waals surface area (Å²) in [5.74, 6) is 0.128. The van der Waals surface area contributed by atoms with Gasteiger partial charge >= 0.3 is 0 Å². The number of hydrogen-bond acceptors (Lipinski definition) is 3. The van der Waals surface area contributed by atoms with Gasteiger partial charge in [-0.05, 0) is 42.5 Å². The Morgan fingerprint density at radius 2 is 1.58 bits per heavy atom. The number of rotatable bonds is 0. The Balaban J connectivity index is 0.000000342. The van der Waals surface area contributed by atoms with Gasteiger partial charge in [-0.25, -0.2) is 0 Å². The number of fused-ring (bicyclic) bond motifs is 1. The van der Waals surface area contributed by atoms with Crippen LogP contribution in [0.1, 0.15) is 12.0 Å². The SMILES string of the molecule is NC(O)=S.NC(O)=S.O=C1CCc2ccccc2N1. The van der Waals surface area contributed by atoms with Gasteiger partial charge in [0.25, 0.3) is 10.3 Å². The number of para-hydroxylation sites is 1. The van der Waals surface area contributed by atoms with E-state index in [1.54, 1.807) is 0 Å². The standard InChI is InChI=1S/C9H9NO.2CH3NOS/c11-9-6-5-7-3-1-2-4-8(7)10-9;2*2-1(3)4/h1-4H,5-6H2,(H,10,11);2*(H3,2,3,4). The normalized spacial score (nSPS) is 11.5. The van der Waals surface area contributed by atoms with E-state index < -0.39 is 10.3 Å². The first-order valence-corrected chi connectivity index (χ1v) is 5.99. The van der Waals surface area contributed by atoms with Crippen molar-refractivity contribution in [2.45, 2.75) is 12.8 Å². The molecule has 0 aliphatic carbocycles. The van der Waals surface area contributed by atoms with Gasteiger partial charge in [-0.3, -0.25) is 4.79 Å². The van der Waals surface area contributed by atoms with E-state index in [-0.39, 0.29) is 5.91 Å². The molecular weight excluding hydrogens is 286 g/mol. The average Bonchev–Trinajstić information content (AvgIpc) is 2.27. The Morgan fingerprint density at radius 3 is 2.11 bits per heavy atom. The Morgan fingerprint density at radius 1 is 1.11 bits per heavy atom. The minimum atomic E-state index is -0.500. The maximum absolute atomic E-state index is 10.9. The highest BCUT2D eigenvalue weighted by atomic mass is 32.1. The molecule has 1 aromatic carbocycles. The molecule has 7 N–H and O–H groups in total. The van der Waals surface area contributed by atoms with E-state index in [2.05, 4.69) is 47.3 Å². The molecule has 0 atom stereocenters. The minimum absolute atomic E-state index is 0.128. The Labute approximate surface area is 121 Å². The molecule has 0 spiro atoms. The van der Waals surface area contributed by atoms with Crippen molar-refractivity contribution in [1.29, 1.82) is 0 Å². The van der Waals surface area contributed by atoms with Crippen molar-refractivity contribution in [3.8, 4) is 0 Å². The topological polar surface area (TPSA) is 122 Å². The van der Waals surface area contributed by atoms with Crippen LogP contribution in [-0.2, 0) is 11.2 Å². The fourth-order valence-electron chi connectivity index (χ4n) is 1.32. The molecule has 0 saturated carbocycles. The molecule has 1 aromatic rings. The fraction of sp³-hybridized carbons (Fsp3) is 0.182. The highest BCUT2D eigenvalue weighted by molar-refractivity contribution is 7.80. The van der Waals surface area contributed by atoms with Crippen LogP contribution in [0.4, 0.5) is 5.69 Å². The van der Waals surface area contributed by atoms with Gasteiger partial charge in [0.05, 0.1) is 0 Å². The number of aryl methyl sites for hydroxylation is 1. The third-order valence-electron chi connectivity index (χ3n) is 1.91. The number of aliphatic hydroxyl groups excluding tert-OH is 2. The zero-order valence-electron chi connectivity index (χ0n) is 10.00. The molecule has 104 valence electrons. The zero-order valence-corrected chi connectivity index (χ0v) is 11.6. The third-order valence-corrected chi connectivity index (χ3v) is 1.91. The van der Waals surface area contributed by atoms with Crippen LogP contribution >= 0.6 is 24.4 Å². The molecule has 1 amide bonds. The number of carbonyl (C=O) groups excluding carboxylic acids is 1. The van der Waals surface area contributed by atoms with Gasteiger partial charge in [0.2, 0.25) is 5.91 Å². The maximum atomic E-state index is 10.9. The van der Waals surface area contributed by atoms with E-state index in [0.29, 0.717) is 6.42 Å². The summed E-state index contributed by atoms with van der Waals surface area (Å²) in [6.07, 6.45) is 1.50. The largest absolute Gasteiger partial charge is 0.487 e. The molecule has 1 aliphatic rings. The van der Waals surface area contributed by atoms with E-state index in [1.807, 2.05) is 18.2 Å². The molecule has 0 aromatic heterocycles. The molecule has 0 unspecified atom stereocenters. The second-order valence-corrected chi connectivity index (χ2v) is 4.22. The van der Waals surface area contributed by atoms with Crippen LogP contribution in [0.15, 0.2) is 24.3 Å². The molecule has 0 bridgehead atoms. The molecule has 0 fully saturated rings. The summed E-state index contributed by atoms with van der Waals surface area (Å²) >= 11 is 7.74. The quantitative estimate of drug-likeness (QED) is 0.456. The van der Waals surface area contributed by atoms with Gasteiger partial charge in [0, 0.05) is 12.1 Å². The van der Waals surface area contributed by atoms with Crippen molar-refractivity contribution in [2.24, 2.45) is 11.5 Å². The predicted octanol–water partition coefficient (Wildman–Crippen LogP) is 1.15. The number of anilines is 1. The average molecular weight is 301 g/mol. The number of nitrogens with two attached hydrogens (primary N) is 2. The van der Waals surface area contributed by atoms with Crippen LogP contribution in [0.3, 0.4) is 0 Å². The first kappa shape index (κ1) is 17.1. The minimum Gasteiger partial charge on any atom is -0.487 e. The van der Waals surface area contributed by atoms with Crippen LogP contribution in [0, 0.1) is 0 Å². The van der Waals surface area contributed by atoms with E-state index in [9.17, 15) is 4.79 Å². The molecule has 8 heteroatoms. The second-order valence-electron chi connectivity index (χ2n) is 3.38. The van der Waals surface area contributed by atoms with Gasteiger partial charge in [-0.15, -0.1) is 0 Å². The van der Waals surface area contributed by atoms with Crippen LogP contribution in [0.5, 0.6) is 0 Å². The lowest BCUT2D eigenvalue weighted by Crippen LogP contribution is -2.18. The molecule has 19 heavy (non-hydrogen) atoms. The Hall–Kier alpha value is -1.93. The number of aliphatic hydroxyl groups is 2. The lowest BCUT2D eigenvalue weighted by molar-refractivity contribution is -0.116. The van der Waals surface area contributed by atoms with Crippen molar-refractivity contribution >= 4 is 46.4 Å². The molecular formula is C11H15N3O3S2. The van der Waals surface area contributed by atoms with Crippen LogP contribution in [-0.4, -0.2) is 26.5 Å². The fourth-order valence-corrected chi connectivity index (χ4v) is 1.32. The van der Waals surface area contributed by atoms with Crippen molar-refractivity contribution in [2.75, 3.05) is 5.32 Å². The summed E-state index contributed by atoms with van der Waals surface area (Å²) in [4.78, 5) is 10.9. The Kier molecular flexibility index (Phi) is 8.14.